The van der Waals surface area contributed by atoms with Crippen molar-refractivity contribution in [1.82, 2.24) is 9.97 Å². The molecule has 0 atom stereocenters. The summed E-state index contributed by atoms with van der Waals surface area (Å²) in [6.45, 7) is 3.92. The average molecular weight is 262 g/mol. The molecule has 0 N–H and O–H groups in total. The lowest BCUT2D eigenvalue weighted by molar-refractivity contribution is 0.594. The minimum absolute atomic E-state index is 0.123. The lowest BCUT2D eigenvalue weighted by atomic mass is 10.2. The van der Waals surface area contributed by atoms with Crippen LogP contribution in [0.1, 0.15) is 25.6 Å². The van der Waals surface area contributed by atoms with E-state index >= 15 is 0 Å². The molecule has 0 fully saturated rings. The van der Waals surface area contributed by atoms with Crippen molar-refractivity contribution in [2.45, 2.75) is 29.6 Å². The van der Waals surface area contributed by atoms with Crippen molar-refractivity contribution in [2.24, 2.45) is 0 Å². The Bertz CT molecular complexity index is 620. The summed E-state index contributed by atoms with van der Waals surface area (Å²) in [6, 6.07) is 8.28. The highest BCUT2D eigenvalue weighted by Gasteiger charge is 2.18. The standard InChI is InChI=1S/C13H14N2O2S/c1-10(2)13-14-8-12(9-15-13)18(16,17)11-6-4-3-5-7-11/h3-10H,1-2H3. The van der Waals surface area contributed by atoms with Crippen LogP contribution in [0.2, 0.25) is 0 Å². The van der Waals surface area contributed by atoms with Gasteiger partial charge in [0.15, 0.2) is 0 Å². The van der Waals surface area contributed by atoms with Crippen molar-refractivity contribution in [3.63, 3.8) is 0 Å². The van der Waals surface area contributed by atoms with Crippen LogP contribution in [0.5, 0.6) is 0 Å². The summed E-state index contributed by atoms with van der Waals surface area (Å²) < 4.78 is 24.5. The SMILES string of the molecule is CC(C)c1ncc(S(=O)(=O)c2ccccc2)cn1. The molecule has 0 aliphatic carbocycles. The number of nitrogens with zero attached hydrogens (tertiary/aromatic N) is 2. The van der Waals surface area contributed by atoms with Gasteiger partial charge in [0.05, 0.1) is 4.90 Å². The van der Waals surface area contributed by atoms with Gasteiger partial charge in [-0.05, 0) is 12.1 Å². The third-order valence-electron chi connectivity index (χ3n) is 2.53. The van der Waals surface area contributed by atoms with Crippen LogP contribution in [0.3, 0.4) is 0 Å². The summed E-state index contributed by atoms with van der Waals surface area (Å²) in [7, 11) is -3.51. The van der Waals surface area contributed by atoms with Crippen molar-refractivity contribution < 1.29 is 8.42 Å². The second kappa shape index (κ2) is 4.86. The fourth-order valence-corrected chi connectivity index (χ4v) is 2.67. The van der Waals surface area contributed by atoms with Gasteiger partial charge in [-0.1, -0.05) is 32.0 Å². The van der Waals surface area contributed by atoms with Gasteiger partial charge in [-0.15, -0.1) is 0 Å². The summed E-state index contributed by atoms with van der Waals surface area (Å²) in [5, 5.41) is 0. The van der Waals surface area contributed by atoms with E-state index in [1.54, 1.807) is 30.3 Å². The highest BCUT2D eigenvalue weighted by atomic mass is 32.2. The van der Waals surface area contributed by atoms with Crippen LogP contribution in [0.25, 0.3) is 0 Å². The lowest BCUT2D eigenvalue weighted by Gasteiger charge is -2.06. The quantitative estimate of drug-likeness (QED) is 0.852. The fourth-order valence-electron chi connectivity index (χ4n) is 1.50. The molecule has 2 aromatic rings. The minimum atomic E-state index is -3.51. The van der Waals surface area contributed by atoms with Crippen LogP contribution < -0.4 is 0 Å². The first kappa shape index (κ1) is 12.7. The average Bonchev–Trinajstić information content (AvgIpc) is 2.40. The number of hydrogen-bond donors (Lipinski definition) is 0. The van der Waals surface area contributed by atoms with Crippen LogP contribution in [0.15, 0.2) is 52.5 Å². The Morgan fingerprint density at radius 1 is 0.944 bits per heavy atom. The third kappa shape index (κ3) is 2.41. The predicted octanol–water partition coefficient (Wildman–Crippen LogP) is 2.43. The Morgan fingerprint density at radius 3 is 2.00 bits per heavy atom. The van der Waals surface area contributed by atoms with Gasteiger partial charge in [0.1, 0.15) is 10.7 Å². The van der Waals surface area contributed by atoms with E-state index in [0.29, 0.717) is 5.82 Å². The van der Waals surface area contributed by atoms with Gasteiger partial charge in [0, 0.05) is 18.3 Å². The van der Waals surface area contributed by atoms with Gasteiger partial charge in [0.2, 0.25) is 9.84 Å². The molecule has 0 aliphatic rings. The molecule has 0 bridgehead atoms. The Labute approximate surface area is 107 Å². The molecule has 4 nitrogen and oxygen atoms in total. The molecular formula is C13H14N2O2S. The maximum atomic E-state index is 12.2. The molecule has 0 saturated heterocycles. The molecule has 1 aromatic heterocycles. The summed E-state index contributed by atoms with van der Waals surface area (Å²) in [5.74, 6) is 0.820. The normalized spacial score (nSPS) is 11.7. The molecule has 0 radical (unpaired) electrons. The van der Waals surface area contributed by atoms with Gasteiger partial charge in [-0.3, -0.25) is 0 Å². The van der Waals surface area contributed by atoms with Crippen LogP contribution in [0.4, 0.5) is 0 Å². The zero-order valence-electron chi connectivity index (χ0n) is 10.2. The largest absolute Gasteiger partial charge is 0.240 e. The topological polar surface area (TPSA) is 59.9 Å². The third-order valence-corrected chi connectivity index (χ3v) is 4.25. The van der Waals surface area contributed by atoms with E-state index in [-0.39, 0.29) is 15.7 Å². The number of rotatable bonds is 3. The Balaban J connectivity index is 2.43. The molecule has 18 heavy (non-hydrogen) atoms. The van der Waals surface area contributed by atoms with Crippen molar-refractivity contribution in [3.05, 3.63) is 48.5 Å². The molecule has 1 aromatic carbocycles. The molecule has 94 valence electrons. The number of aromatic nitrogens is 2. The predicted molar refractivity (Wildman–Crippen MR) is 68.0 cm³/mol. The zero-order chi connectivity index (χ0) is 13.2. The van der Waals surface area contributed by atoms with Crippen molar-refractivity contribution in [2.75, 3.05) is 0 Å². The first-order valence-electron chi connectivity index (χ1n) is 5.64. The summed E-state index contributed by atoms with van der Waals surface area (Å²) >= 11 is 0. The van der Waals surface area contributed by atoms with Gasteiger partial charge < -0.3 is 0 Å². The first-order valence-corrected chi connectivity index (χ1v) is 7.12. The molecule has 2 rings (SSSR count). The summed E-state index contributed by atoms with van der Waals surface area (Å²) in [5.41, 5.74) is 0. The fraction of sp³-hybridized carbons (Fsp3) is 0.231. The Kier molecular flexibility index (Phi) is 3.43. The first-order chi connectivity index (χ1) is 8.51. The molecule has 0 spiro atoms. The highest BCUT2D eigenvalue weighted by molar-refractivity contribution is 7.91. The monoisotopic (exact) mass is 262 g/mol. The van der Waals surface area contributed by atoms with Gasteiger partial charge >= 0.3 is 0 Å². The molecule has 1 heterocycles. The molecule has 0 unspecified atom stereocenters. The van der Waals surface area contributed by atoms with Crippen molar-refractivity contribution in [3.8, 4) is 0 Å². The van der Waals surface area contributed by atoms with Gasteiger partial charge in [0.25, 0.3) is 0 Å². The molecular weight excluding hydrogens is 248 g/mol. The van der Waals surface area contributed by atoms with E-state index in [9.17, 15) is 8.42 Å². The molecule has 0 saturated carbocycles. The van der Waals surface area contributed by atoms with E-state index in [0.717, 1.165) is 0 Å². The number of benzene rings is 1. The summed E-state index contributed by atoms with van der Waals surface area (Å²) in [6.07, 6.45) is 2.73. The van der Waals surface area contributed by atoms with Crippen molar-refractivity contribution >= 4 is 9.84 Å². The maximum Gasteiger partial charge on any atom is 0.209 e. The van der Waals surface area contributed by atoms with Crippen LogP contribution in [0, 0.1) is 0 Å². The lowest BCUT2D eigenvalue weighted by Crippen LogP contribution is -2.05. The summed E-state index contributed by atoms with van der Waals surface area (Å²) in [4.78, 5) is 8.54. The second-order valence-electron chi connectivity index (χ2n) is 4.25. The molecule has 0 amide bonds. The van der Waals surface area contributed by atoms with E-state index in [1.165, 1.54) is 12.4 Å². The van der Waals surface area contributed by atoms with E-state index in [4.69, 9.17) is 0 Å². The van der Waals surface area contributed by atoms with Crippen LogP contribution in [-0.4, -0.2) is 18.4 Å². The van der Waals surface area contributed by atoms with E-state index in [1.807, 2.05) is 13.8 Å². The van der Waals surface area contributed by atoms with Gasteiger partial charge in [-0.2, -0.15) is 0 Å². The Hall–Kier alpha value is -1.75. The van der Waals surface area contributed by atoms with Gasteiger partial charge in [-0.25, -0.2) is 18.4 Å². The van der Waals surface area contributed by atoms with E-state index < -0.39 is 9.84 Å². The smallest absolute Gasteiger partial charge is 0.209 e. The number of sulfone groups is 1. The minimum Gasteiger partial charge on any atom is -0.240 e. The van der Waals surface area contributed by atoms with Crippen LogP contribution >= 0.6 is 0 Å². The van der Waals surface area contributed by atoms with Crippen molar-refractivity contribution in [1.29, 1.82) is 0 Å². The van der Waals surface area contributed by atoms with Crippen LogP contribution in [-0.2, 0) is 9.84 Å². The highest BCUT2D eigenvalue weighted by Crippen LogP contribution is 2.19. The number of hydrogen-bond acceptors (Lipinski definition) is 4. The van der Waals surface area contributed by atoms with E-state index in [2.05, 4.69) is 9.97 Å². The molecule has 0 aliphatic heterocycles. The molecule has 5 heteroatoms. The maximum absolute atomic E-state index is 12.2. The zero-order valence-corrected chi connectivity index (χ0v) is 11.1. The Morgan fingerprint density at radius 2 is 1.50 bits per heavy atom. The second-order valence-corrected chi connectivity index (χ2v) is 6.20.